The first-order valence-corrected chi connectivity index (χ1v) is 10.5. The van der Waals surface area contributed by atoms with E-state index in [1.165, 1.54) is 5.56 Å². The Bertz CT molecular complexity index is 852. The van der Waals surface area contributed by atoms with Crippen molar-refractivity contribution in [3.05, 3.63) is 65.7 Å². The Morgan fingerprint density at radius 3 is 2.34 bits per heavy atom. The first-order valence-electron chi connectivity index (χ1n) is 10.5. The molecule has 29 heavy (non-hydrogen) atoms. The van der Waals surface area contributed by atoms with E-state index in [0.717, 1.165) is 49.6 Å². The number of hydrogen-bond acceptors (Lipinski definition) is 4. The first kappa shape index (κ1) is 19.5. The lowest BCUT2D eigenvalue weighted by molar-refractivity contribution is 0.0839. The van der Waals surface area contributed by atoms with Gasteiger partial charge in [-0.2, -0.15) is 0 Å². The summed E-state index contributed by atoms with van der Waals surface area (Å²) in [7, 11) is 4.01. The molecule has 1 amide bonds. The standard InChI is InChI=1S/C24H30N4O/c1-26(2)22-10-8-21(9-11-22)23(29)28-17-14-25-24(28)27-15-12-20(13-16-27)18-19-6-4-3-5-7-19/h3-11,20H,12-18H2,1-2H3. The first-order chi connectivity index (χ1) is 14.1. The van der Waals surface area contributed by atoms with Crippen LogP contribution < -0.4 is 4.90 Å². The zero-order chi connectivity index (χ0) is 20.2. The van der Waals surface area contributed by atoms with Crippen LogP contribution in [-0.4, -0.2) is 61.9 Å². The molecule has 1 fully saturated rings. The van der Waals surface area contributed by atoms with Gasteiger partial charge in [-0.3, -0.25) is 14.7 Å². The molecule has 0 saturated carbocycles. The molecule has 0 spiro atoms. The van der Waals surface area contributed by atoms with Crippen LogP contribution in [0.1, 0.15) is 28.8 Å². The number of likely N-dealkylation sites (tertiary alicyclic amines) is 1. The number of nitrogens with zero attached hydrogens (tertiary/aromatic N) is 4. The van der Waals surface area contributed by atoms with Gasteiger partial charge in [-0.15, -0.1) is 0 Å². The van der Waals surface area contributed by atoms with Crippen molar-refractivity contribution in [1.82, 2.24) is 9.80 Å². The number of piperidine rings is 1. The Morgan fingerprint density at radius 2 is 1.69 bits per heavy atom. The minimum Gasteiger partial charge on any atom is -0.378 e. The molecule has 1 saturated heterocycles. The van der Waals surface area contributed by atoms with Crippen molar-refractivity contribution in [1.29, 1.82) is 0 Å². The zero-order valence-electron chi connectivity index (χ0n) is 17.4. The Balaban J connectivity index is 1.37. The van der Waals surface area contributed by atoms with Crippen LogP contribution in [0.5, 0.6) is 0 Å². The Labute approximate surface area is 173 Å². The molecular weight excluding hydrogens is 360 g/mol. The fraction of sp³-hybridized carbons (Fsp3) is 0.417. The van der Waals surface area contributed by atoms with Crippen LogP contribution in [0, 0.1) is 5.92 Å². The summed E-state index contributed by atoms with van der Waals surface area (Å²) in [5, 5.41) is 0. The third-order valence-electron chi connectivity index (χ3n) is 5.96. The summed E-state index contributed by atoms with van der Waals surface area (Å²) in [6.07, 6.45) is 3.43. The van der Waals surface area contributed by atoms with Crippen LogP contribution in [0.4, 0.5) is 5.69 Å². The van der Waals surface area contributed by atoms with Gasteiger partial charge in [-0.05, 0) is 55.0 Å². The number of carbonyl (C=O) groups is 1. The third kappa shape index (κ3) is 4.44. The second-order valence-corrected chi connectivity index (χ2v) is 8.20. The second-order valence-electron chi connectivity index (χ2n) is 8.20. The van der Waals surface area contributed by atoms with Gasteiger partial charge in [0.15, 0.2) is 0 Å². The van der Waals surface area contributed by atoms with E-state index in [-0.39, 0.29) is 5.91 Å². The molecule has 2 aliphatic heterocycles. The lowest BCUT2D eigenvalue weighted by Crippen LogP contribution is -2.48. The molecule has 0 unspecified atom stereocenters. The van der Waals surface area contributed by atoms with E-state index in [1.54, 1.807) is 0 Å². The molecule has 0 aliphatic carbocycles. The topological polar surface area (TPSA) is 39.2 Å². The van der Waals surface area contributed by atoms with Crippen molar-refractivity contribution in [2.24, 2.45) is 10.9 Å². The van der Waals surface area contributed by atoms with E-state index in [2.05, 4.69) is 40.2 Å². The summed E-state index contributed by atoms with van der Waals surface area (Å²) >= 11 is 0. The summed E-state index contributed by atoms with van der Waals surface area (Å²) < 4.78 is 0. The smallest absolute Gasteiger partial charge is 0.260 e. The van der Waals surface area contributed by atoms with Gasteiger partial charge in [0.05, 0.1) is 6.54 Å². The number of carbonyl (C=O) groups excluding carboxylic acids is 1. The van der Waals surface area contributed by atoms with Crippen LogP contribution in [-0.2, 0) is 6.42 Å². The molecule has 5 heteroatoms. The monoisotopic (exact) mass is 390 g/mol. The number of anilines is 1. The van der Waals surface area contributed by atoms with E-state index < -0.39 is 0 Å². The van der Waals surface area contributed by atoms with Gasteiger partial charge in [0.2, 0.25) is 5.96 Å². The van der Waals surface area contributed by atoms with Crippen molar-refractivity contribution in [3.63, 3.8) is 0 Å². The predicted molar refractivity (Wildman–Crippen MR) is 119 cm³/mol. The molecule has 0 atom stereocenters. The molecular formula is C24H30N4O. The third-order valence-corrected chi connectivity index (χ3v) is 5.96. The lowest BCUT2D eigenvalue weighted by Gasteiger charge is -2.36. The van der Waals surface area contributed by atoms with E-state index in [1.807, 2.05) is 48.2 Å². The number of benzene rings is 2. The molecule has 5 nitrogen and oxygen atoms in total. The molecule has 0 aromatic heterocycles. The normalized spacial score (nSPS) is 17.4. The number of aliphatic imine (C=N–C) groups is 1. The molecule has 2 aromatic carbocycles. The van der Waals surface area contributed by atoms with Gasteiger partial charge < -0.3 is 9.80 Å². The maximum absolute atomic E-state index is 13.1. The van der Waals surface area contributed by atoms with Gasteiger partial charge in [0.25, 0.3) is 5.91 Å². The van der Waals surface area contributed by atoms with Crippen molar-refractivity contribution >= 4 is 17.6 Å². The molecule has 152 valence electrons. The fourth-order valence-electron chi connectivity index (χ4n) is 4.24. The van der Waals surface area contributed by atoms with Crippen LogP contribution in [0.15, 0.2) is 59.6 Å². The van der Waals surface area contributed by atoms with Crippen molar-refractivity contribution in [3.8, 4) is 0 Å². The van der Waals surface area contributed by atoms with E-state index in [9.17, 15) is 4.79 Å². The summed E-state index contributed by atoms with van der Waals surface area (Å²) in [6.45, 7) is 3.31. The van der Waals surface area contributed by atoms with Crippen LogP contribution in [0.3, 0.4) is 0 Å². The van der Waals surface area contributed by atoms with Gasteiger partial charge in [0.1, 0.15) is 0 Å². The number of guanidine groups is 1. The van der Waals surface area contributed by atoms with Crippen molar-refractivity contribution in [2.45, 2.75) is 19.3 Å². The highest BCUT2D eigenvalue weighted by Gasteiger charge is 2.31. The van der Waals surface area contributed by atoms with E-state index >= 15 is 0 Å². The fourth-order valence-corrected chi connectivity index (χ4v) is 4.24. The number of rotatable bonds is 4. The quantitative estimate of drug-likeness (QED) is 0.802. The number of hydrogen-bond donors (Lipinski definition) is 0. The molecule has 2 aromatic rings. The van der Waals surface area contributed by atoms with Crippen molar-refractivity contribution < 1.29 is 4.79 Å². The highest BCUT2D eigenvalue weighted by Crippen LogP contribution is 2.24. The Hall–Kier alpha value is -2.82. The van der Waals surface area contributed by atoms with Crippen LogP contribution in [0.25, 0.3) is 0 Å². The summed E-state index contributed by atoms with van der Waals surface area (Å²) in [5.74, 6) is 1.63. The van der Waals surface area contributed by atoms with E-state index in [4.69, 9.17) is 0 Å². The molecule has 0 N–H and O–H groups in total. The highest BCUT2D eigenvalue weighted by molar-refractivity contribution is 6.06. The van der Waals surface area contributed by atoms with Gasteiger partial charge >= 0.3 is 0 Å². The maximum Gasteiger partial charge on any atom is 0.260 e. The minimum atomic E-state index is 0.0537. The zero-order valence-corrected chi connectivity index (χ0v) is 17.4. The molecule has 0 radical (unpaired) electrons. The average molecular weight is 391 g/mol. The SMILES string of the molecule is CN(C)c1ccc(C(=O)N2CCN=C2N2CCC(Cc3ccccc3)CC2)cc1. The predicted octanol–water partition coefficient (Wildman–Crippen LogP) is 3.52. The van der Waals surface area contributed by atoms with Gasteiger partial charge in [0, 0.05) is 45.0 Å². The largest absolute Gasteiger partial charge is 0.378 e. The molecule has 2 heterocycles. The molecule has 2 aliphatic rings. The van der Waals surface area contributed by atoms with Crippen LogP contribution >= 0.6 is 0 Å². The minimum absolute atomic E-state index is 0.0537. The number of amides is 1. The summed E-state index contributed by atoms with van der Waals surface area (Å²) in [5.41, 5.74) is 3.24. The maximum atomic E-state index is 13.1. The average Bonchev–Trinajstić information content (AvgIpc) is 3.24. The van der Waals surface area contributed by atoms with Gasteiger partial charge in [-0.1, -0.05) is 30.3 Å². The lowest BCUT2D eigenvalue weighted by atomic mass is 9.90. The summed E-state index contributed by atoms with van der Waals surface area (Å²) in [4.78, 5) is 24.0. The van der Waals surface area contributed by atoms with E-state index in [0.29, 0.717) is 19.0 Å². The Kier molecular flexibility index (Phi) is 5.84. The second kappa shape index (κ2) is 8.68. The van der Waals surface area contributed by atoms with Crippen molar-refractivity contribution in [2.75, 3.05) is 45.2 Å². The summed E-state index contributed by atoms with van der Waals surface area (Å²) in [6, 6.07) is 18.6. The molecule has 4 rings (SSSR count). The molecule has 0 bridgehead atoms. The highest BCUT2D eigenvalue weighted by atomic mass is 16.2. The Morgan fingerprint density at radius 1 is 1.00 bits per heavy atom. The van der Waals surface area contributed by atoms with Gasteiger partial charge in [-0.25, -0.2) is 0 Å². The van der Waals surface area contributed by atoms with Crippen LogP contribution in [0.2, 0.25) is 0 Å².